The minimum atomic E-state index is -0.273. The van der Waals surface area contributed by atoms with E-state index in [1.807, 2.05) is 44.2 Å². The van der Waals surface area contributed by atoms with Crippen LogP contribution >= 0.6 is 0 Å². The van der Waals surface area contributed by atoms with Crippen LogP contribution in [-0.2, 0) is 6.42 Å². The fourth-order valence-electron chi connectivity index (χ4n) is 2.80. The summed E-state index contributed by atoms with van der Waals surface area (Å²) in [5, 5.41) is 3.87. The van der Waals surface area contributed by atoms with Crippen LogP contribution in [-0.4, -0.2) is 13.0 Å². The van der Waals surface area contributed by atoms with Crippen LogP contribution in [0.2, 0.25) is 0 Å². The van der Waals surface area contributed by atoms with Crippen LogP contribution in [0.1, 0.15) is 34.2 Å². The highest BCUT2D eigenvalue weighted by molar-refractivity contribution is 6.07. The van der Waals surface area contributed by atoms with Gasteiger partial charge in [-0.25, -0.2) is 0 Å². The summed E-state index contributed by atoms with van der Waals surface area (Å²) >= 11 is 0. The average molecular weight is 323 g/mol. The van der Waals surface area contributed by atoms with E-state index in [0.29, 0.717) is 17.2 Å². The van der Waals surface area contributed by atoms with Crippen LogP contribution in [0.4, 0.5) is 5.69 Å². The monoisotopic (exact) mass is 323 g/mol. The molecule has 0 aliphatic carbocycles. The number of hydrogen-bond donors (Lipinski definition) is 1. The van der Waals surface area contributed by atoms with Crippen LogP contribution in [0.5, 0.6) is 5.75 Å². The van der Waals surface area contributed by atoms with E-state index in [0.717, 1.165) is 28.5 Å². The molecule has 0 bridgehead atoms. The topological polar surface area (TPSA) is 51.5 Å². The van der Waals surface area contributed by atoms with Crippen LogP contribution < -0.4 is 10.1 Å². The molecule has 4 nitrogen and oxygen atoms in total. The summed E-state index contributed by atoms with van der Waals surface area (Å²) in [7, 11) is 1.58. The van der Waals surface area contributed by atoms with Gasteiger partial charge in [0.2, 0.25) is 0 Å². The molecule has 0 unspecified atom stereocenters. The molecule has 1 N–H and O–H groups in total. The van der Waals surface area contributed by atoms with Crippen LogP contribution in [0.3, 0.4) is 0 Å². The number of carbonyl (C=O) groups excluding carboxylic acids is 1. The Hall–Kier alpha value is -2.75. The molecule has 0 spiro atoms. The number of rotatable bonds is 4. The van der Waals surface area contributed by atoms with E-state index < -0.39 is 0 Å². The van der Waals surface area contributed by atoms with E-state index in [1.54, 1.807) is 7.11 Å². The second kappa shape index (κ2) is 6.40. The lowest BCUT2D eigenvalue weighted by Crippen LogP contribution is -2.13. The number of benzene rings is 2. The molecule has 3 rings (SSSR count). The largest absolute Gasteiger partial charge is 0.495 e. The minimum absolute atomic E-state index is 0.273. The zero-order valence-corrected chi connectivity index (χ0v) is 14.4. The van der Waals surface area contributed by atoms with Gasteiger partial charge in [-0.2, -0.15) is 0 Å². The molecule has 0 aliphatic heterocycles. The number of nitrogens with one attached hydrogen (secondary N) is 1. The van der Waals surface area contributed by atoms with Crippen molar-refractivity contribution in [3.05, 3.63) is 58.8 Å². The zero-order chi connectivity index (χ0) is 17.3. The number of amides is 1. The zero-order valence-electron chi connectivity index (χ0n) is 14.4. The van der Waals surface area contributed by atoms with Gasteiger partial charge in [-0.1, -0.05) is 19.1 Å². The third kappa shape index (κ3) is 2.87. The third-order valence-corrected chi connectivity index (χ3v) is 4.22. The molecule has 0 atom stereocenters. The van der Waals surface area contributed by atoms with Crippen LogP contribution in [0.15, 0.2) is 40.8 Å². The number of ether oxygens (including phenoxy) is 1. The normalized spacial score (nSPS) is 10.8. The summed E-state index contributed by atoms with van der Waals surface area (Å²) in [6, 6.07) is 11.7. The Balaban J connectivity index is 1.97. The fraction of sp³-hybridized carbons (Fsp3) is 0.250. The Morgan fingerprint density at radius 3 is 2.67 bits per heavy atom. The molecule has 0 radical (unpaired) electrons. The lowest BCUT2D eigenvalue weighted by atomic mass is 10.1. The molecule has 2 aromatic carbocycles. The number of fused-ring (bicyclic) bond motifs is 1. The highest BCUT2D eigenvalue weighted by Gasteiger charge is 2.19. The molecular weight excluding hydrogens is 302 g/mol. The fourth-order valence-corrected chi connectivity index (χ4v) is 2.80. The van der Waals surface area contributed by atoms with E-state index in [-0.39, 0.29) is 5.91 Å². The maximum absolute atomic E-state index is 12.7. The van der Waals surface area contributed by atoms with Crippen molar-refractivity contribution in [3.63, 3.8) is 0 Å². The highest BCUT2D eigenvalue weighted by Crippen LogP contribution is 2.29. The molecule has 1 amide bonds. The highest BCUT2D eigenvalue weighted by atomic mass is 16.5. The van der Waals surface area contributed by atoms with Gasteiger partial charge < -0.3 is 14.5 Å². The van der Waals surface area contributed by atoms with Crippen LogP contribution in [0.25, 0.3) is 11.0 Å². The van der Waals surface area contributed by atoms with Crippen molar-refractivity contribution in [2.45, 2.75) is 27.2 Å². The quantitative estimate of drug-likeness (QED) is 0.745. The van der Waals surface area contributed by atoms with Gasteiger partial charge in [0, 0.05) is 10.9 Å². The predicted octanol–water partition coefficient (Wildman–Crippen LogP) is 4.87. The summed E-state index contributed by atoms with van der Waals surface area (Å²) in [6.07, 6.45) is 0.947. The van der Waals surface area contributed by atoms with E-state index in [2.05, 4.69) is 18.3 Å². The van der Waals surface area contributed by atoms with Gasteiger partial charge in [0.15, 0.2) is 5.76 Å². The van der Waals surface area contributed by atoms with Crippen molar-refractivity contribution in [3.8, 4) is 5.75 Å². The lowest BCUT2D eigenvalue weighted by Gasteiger charge is -2.10. The first-order valence-corrected chi connectivity index (χ1v) is 8.01. The van der Waals surface area contributed by atoms with E-state index in [1.165, 1.54) is 5.56 Å². The first-order chi connectivity index (χ1) is 11.5. The number of anilines is 1. The predicted molar refractivity (Wildman–Crippen MR) is 96.0 cm³/mol. The molecule has 24 heavy (non-hydrogen) atoms. The standard InChI is InChI=1S/C20H21NO3/c1-5-14-7-9-17-15(11-14)13(3)19(24-17)20(22)21-16-10-12(2)6-8-18(16)23-4/h6-11H,5H2,1-4H3,(H,21,22). The molecule has 0 aliphatic rings. The number of furan rings is 1. The van der Waals surface area contributed by atoms with Gasteiger partial charge in [0.05, 0.1) is 12.8 Å². The first-order valence-electron chi connectivity index (χ1n) is 8.01. The maximum Gasteiger partial charge on any atom is 0.291 e. The molecular formula is C20H21NO3. The Kier molecular flexibility index (Phi) is 4.30. The van der Waals surface area contributed by atoms with E-state index >= 15 is 0 Å². The molecule has 1 heterocycles. The summed E-state index contributed by atoms with van der Waals surface area (Å²) in [5.74, 6) is 0.684. The maximum atomic E-state index is 12.7. The number of hydrogen-bond acceptors (Lipinski definition) is 3. The Morgan fingerprint density at radius 2 is 1.96 bits per heavy atom. The van der Waals surface area contributed by atoms with Gasteiger partial charge in [0.25, 0.3) is 5.91 Å². The van der Waals surface area contributed by atoms with Gasteiger partial charge >= 0.3 is 0 Å². The molecule has 0 saturated heterocycles. The molecule has 3 aromatic rings. The van der Waals surface area contributed by atoms with Crippen molar-refractivity contribution in [2.24, 2.45) is 0 Å². The van der Waals surface area contributed by atoms with Crippen molar-refractivity contribution >= 4 is 22.6 Å². The number of aryl methyl sites for hydroxylation is 3. The Morgan fingerprint density at radius 1 is 1.17 bits per heavy atom. The summed E-state index contributed by atoms with van der Waals surface area (Å²) in [5.41, 5.74) is 4.48. The SMILES string of the molecule is CCc1ccc2oc(C(=O)Nc3cc(C)ccc3OC)c(C)c2c1. The number of carbonyl (C=O) groups is 1. The number of methoxy groups -OCH3 is 1. The van der Waals surface area contributed by atoms with Gasteiger partial charge in [-0.15, -0.1) is 0 Å². The first kappa shape index (κ1) is 16.1. The van der Waals surface area contributed by atoms with Crippen molar-refractivity contribution in [2.75, 3.05) is 12.4 Å². The molecule has 4 heteroatoms. The Labute approximate surface area is 141 Å². The lowest BCUT2D eigenvalue weighted by molar-refractivity contribution is 0.0997. The van der Waals surface area contributed by atoms with E-state index in [9.17, 15) is 4.79 Å². The second-order valence-corrected chi connectivity index (χ2v) is 5.90. The summed E-state index contributed by atoms with van der Waals surface area (Å²) < 4.78 is 11.1. The molecule has 0 saturated carbocycles. The smallest absolute Gasteiger partial charge is 0.291 e. The third-order valence-electron chi connectivity index (χ3n) is 4.22. The van der Waals surface area contributed by atoms with Crippen LogP contribution in [0, 0.1) is 13.8 Å². The van der Waals surface area contributed by atoms with Gasteiger partial charge in [-0.3, -0.25) is 4.79 Å². The van der Waals surface area contributed by atoms with Crippen molar-refractivity contribution in [1.82, 2.24) is 0 Å². The average Bonchev–Trinajstić information content (AvgIpc) is 2.91. The summed E-state index contributed by atoms with van der Waals surface area (Å²) in [6.45, 7) is 5.98. The second-order valence-electron chi connectivity index (χ2n) is 5.90. The van der Waals surface area contributed by atoms with Gasteiger partial charge in [0.1, 0.15) is 11.3 Å². The van der Waals surface area contributed by atoms with Crippen molar-refractivity contribution in [1.29, 1.82) is 0 Å². The van der Waals surface area contributed by atoms with E-state index in [4.69, 9.17) is 9.15 Å². The van der Waals surface area contributed by atoms with Crippen molar-refractivity contribution < 1.29 is 13.9 Å². The molecule has 0 fully saturated rings. The summed E-state index contributed by atoms with van der Waals surface area (Å²) in [4.78, 5) is 12.7. The van der Waals surface area contributed by atoms with Gasteiger partial charge in [-0.05, 0) is 55.7 Å². The minimum Gasteiger partial charge on any atom is -0.495 e. The molecule has 124 valence electrons. The molecule has 1 aromatic heterocycles. The Bertz CT molecular complexity index is 909.